The number of carbonyl (C=O) groups is 1. The Bertz CT molecular complexity index is 1140. The van der Waals surface area contributed by atoms with Crippen LogP contribution in [0.5, 0.6) is 0 Å². The van der Waals surface area contributed by atoms with E-state index in [9.17, 15) is 9.59 Å². The molecule has 0 unspecified atom stereocenters. The van der Waals surface area contributed by atoms with E-state index in [1.54, 1.807) is 23.1 Å². The van der Waals surface area contributed by atoms with Gasteiger partial charge in [0.05, 0.1) is 10.9 Å². The van der Waals surface area contributed by atoms with Crippen molar-refractivity contribution in [1.29, 1.82) is 0 Å². The van der Waals surface area contributed by atoms with Crippen LogP contribution in [0.4, 0.5) is 5.69 Å². The molecule has 5 heteroatoms. The second kappa shape index (κ2) is 8.42. The van der Waals surface area contributed by atoms with Gasteiger partial charge in [0, 0.05) is 30.8 Å². The van der Waals surface area contributed by atoms with Gasteiger partial charge in [-0.1, -0.05) is 18.9 Å². The molecule has 0 N–H and O–H groups in total. The van der Waals surface area contributed by atoms with E-state index in [1.807, 2.05) is 37.5 Å². The molecule has 2 aromatic carbocycles. The minimum atomic E-state index is -0.0713. The smallest absolute Gasteiger partial charge is 0.261 e. The lowest BCUT2D eigenvalue weighted by molar-refractivity contribution is 0.0988. The van der Waals surface area contributed by atoms with E-state index >= 15 is 0 Å². The van der Waals surface area contributed by atoms with Crippen molar-refractivity contribution in [3.05, 3.63) is 69.3 Å². The Hall–Kier alpha value is -2.95. The van der Waals surface area contributed by atoms with Gasteiger partial charge in [-0.15, -0.1) is 0 Å². The molecule has 1 aromatic heterocycles. The molecule has 30 heavy (non-hydrogen) atoms. The summed E-state index contributed by atoms with van der Waals surface area (Å²) in [4.78, 5) is 32.9. The molecule has 1 amide bonds. The molecule has 0 aliphatic carbocycles. The van der Waals surface area contributed by atoms with Gasteiger partial charge >= 0.3 is 0 Å². The SMILES string of the molecule is CCN(C(=O)c1ccc2c(=O)n3c(nc2c1)CCCCCC3)c1cc(C)cc(C)c1. The van der Waals surface area contributed by atoms with Crippen molar-refractivity contribution in [2.45, 2.75) is 59.4 Å². The number of fused-ring (bicyclic) bond motifs is 2. The van der Waals surface area contributed by atoms with Gasteiger partial charge in [0.2, 0.25) is 0 Å². The number of carbonyl (C=O) groups excluding carboxylic acids is 1. The van der Waals surface area contributed by atoms with Crippen LogP contribution < -0.4 is 10.5 Å². The Morgan fingerprint density at radius 1 is 1.03 bits per heavy atom. The number of hydrogen-bond acceptors (Lipinski definition) is 3. The highest BCUT2D eigenvalue weighted by atomic mass is 16.2. The van der Waals surface area contributed by atoms with Crippen molar-refractivity contribution in [3.63, 3.8) is 0 Å². The van der Waals surface area contributed by atoms with Crippen LogP contribution in [0.15, 0.2) is 41.2 Å². The summed E-state index contributed by atoms with van der Waals surface area (Å²) < 4.78 is 1.83. The summed E-state index contributed by atoms with van der Waals surface area (Å²) >= 11 is 0. The molecule has 0 saturated carbocycles. The Balaban J connectivity index is 1.76. The number of benzene rings is 2. The van der Waals surface area contributed by atoms with E-state index in [4.69, 9.17) is 4.98 Å². The minimum Gasteiger partial charge on any atom is -0.309 e. The predicted molar refractivity (Wildman–Crippen MR) is 121 cm³/mol. The molecule has 0 saturated heterocycles. The molecule has 0 fully saturated rings. The third-order valence-electron chi connectivity index (χ3n) is 5.89. The number of aromatic nitrogens is 2. The maximum Gasteiger partial charge on any atom is 0.261 e. The summed E-state index contributed by atoms with van der Waals surface area (Å²) in [5, 5.41) is 0.588. The average Bonchev–Trinajstić information content (AvgIpc) is 2.69. The maximum absolute atomic E-state index is 13.3. The van der Waals surface area contributed by atoms with Crippen molar-refractivity contribution in [2.24, 2.45) is 0 Å². The fraction of sp³-hybridized carbons (Fsp3) is 0.400. The highest BCUT2D eigenvalue weighted by molar-refractivity contribution is 6.07. The van der Waals surface area contributed by atoms with Gasteiger partial charge in [-0.05, 0) is 75.1 Å². The van der Waals surface area contributed by atoms with Crippen molar-refractivity contribution in [3.8, 4) is 0 Å². The lowest BCUT2D eigenvalue weighted by Crippen LogP contribution is -2.31. The number of amides is 1. The van der Waals surface area contributed by atoms with E-state index < -0.39 is 0 Å². The van der Waals surface area contributed by atoms with Crippen molar-refractivity contribution in [2.75, 3.05) is 11.4 Å². The zero-order chi connectivity index (χ0) is 21.3. The van der Waals surface area contributed by atoms with Crippen LogP contribution in [0.25, 0.3) is 10.9 Å². The standard InChI is InChI=1S/C25H29N3O2/c1-4-27(20-14-17(2)13-18(3)15-20)24(29)19-10-11-21-22(16-19)26-23-9-7-5-6-8-12-28(23)25(21)30/h10-11,13-16H,4-9,12H2,1-3H3. The van der Waals surface area contributed by atoms with Crippen LogP contribution in [0.2, 0.25) is 0 Å². The molecule has 3 aromatic rings. The first-order chi connectivity index (χ1) is 14.5. The van der Waals surface area contributed by atoms with E-state index in [2.05, 4.69) is 6.07 Å². The van der Waals surface area contributed by atoms with E-state index in [-0.39, 0.29) is 11.5 Å². The highest BCUT2D eigenvalue weighted by Crippen LogP contribution is 2.22. The monoisotopic (exact) mass is 403 g/mol. The van der Waals surface area contributed by atoms with Crippen molar-refractivity contribution < 1.29 is 4.79 Å². The van der Waals surface area contributed by atoms with Crippen LogP contribution in [0, 0.1) is 13.8 Å². The first-order valence-corrected chi connectivity index (χ1v) is 10.9. The zero-order valence-electron chi connectivity index (χ0n) is 18.1. The molecular weight excluding hydrogens is 374 g/mol. The predicted octanol–water partition coefficient (Wildman–Crippen LogP) is 4.80. The lowest BCUT2D eigenvalue weighted by Gasteiger charge is -2.22. The Kier molecular flexibility index (Phi) is 5.71. The fourth-order valence-corrected chi connectivity index (χ4v) is 4.43. The highest BCUT2D eigenvalue weighted by Gasteiger charge is 2.19. The topological polar surface area (TPSA) is 55.2 Å². The molecule has 0 radical (unpaired) electrons. The van der Waals surface area contributed by atoms with Crippen LogP contribution in [0.1, 0.15) is 59.9 Å². The molecule has 1 aliphatic heterocycles. The first kappa shape index (κ1) is 20.3. The van der Waals surface area contributed by atoms with Crippen molar-refractivity contribution in [1.82, 2.24) is 9.55 Å². The number of anilines is 1. The summed E-state index contributed by atoms with van der Waals surface area (Å²) in [6, 6.07) is 11.5. The van der Waals surface area contributed by atoms with Crippen LogP contribution in [0.3, 0.4) is 0 Å². The van der Waals surface area contributed by atoms with Crippen molar-refractivity contribution >= 4 is 22.5 Å². The second-order valence-electron chi connectivity index (χ2n) is 8.28. The van der Waals surface area contributed by atoms with E-state index in [0.29, 0.717) is 23.0 Å². The molecule has 1 aliphatic rings. The van der Waals surface area contributed by atoms with Crippen LogP contribution in [-0.4, -0.2) is 22.0 Å². The quantitative estimate of drug-likeness (QED) is 0.631. The fourth-order valence-electron chi connectivity index (χ4n) is 4.43. The largest absolute Gasteiger partial charge is 0.309 e. The second-order valence-corrected chi connectivity index (χ2v) is 8.28. The molecule has 5 nitrogen and oxygen atoms in total. The number of aryl methyl sites for hydroxylation is 3. The molecule has 0 atom stereocenters. The minimum absolute atomic E-state index is 0.0116. The summed E-state index contributed by atoms with van der Waals surface area (Å²) in [6.07, 6.45) is 5.20. The normalized spacial score (nSPS) is 14.1. The van der Waals surface area contributed by atoms with Gasteiger partial charge in [-0.2, -0.15) is 0 Å². The summed E-state index contributed by atoms with van der Waals surface area (Å²) in [5.74, 6) is 0.775. The van der Waals surface area contributed by atoms with Gasteiger partial charge in [0.25, 0.3) is 11.5 Å². The molecular formula is C25H29N3O2. The van der Waals surface area contributed by atoms with Gasteiger partial charge < -0.3 is 4.90 Å². The van der Waals surface area contributed by atoms with Gasteiger partial charge in [0.1, 0.15) is 5.82 Å². The molecule has 0 bridgehead atoms. The van der Waals surface area contributed by atoms with Crippen LogP contribution in [-0.2, 0) is 13.0 Å². The van der Waals surface area contributed by atoms with E-state index in [0.717, 1.165) is 54.9 Å². The summed E-state index contributed by atoms with van der Waals surface area (Å²) in [6.45, 7) is 7.35. The third kappa shape index (κ3) is 3.89. The third-order valence-corrected chi connectivity index (χ3v) is 5.89. The molecule has 156 valence electrons. The maximum atomic E-state index is 13.3. The number of nitrogens with zero attached hydrogens (tertiary/aromatic N) is 3. The first-order valence-electron chi connectivity index (χ1n) is 10.9. The lowest BCUT2D eigenvalue weighted by atomic mass is 10.1. The Morgan fingerprint density at radius 3 is 2.50 bits per heavy atom. The Labute approximate surface area is 177 Å². The average molecular weight is 404 g/mol. The van der Waals surface area contributed by atoms with Crippen LogP contribution >= 0.6 is 0 Å². The van der Waals surface area contributed by atoms with E-state index in [1.165, 1.54) is 6.42 Å². The molecule has 0 spiro atoms. The number of hydrogen-bond donors (Lipinski definition) is 0. The Morgan fingerprint density at radius 2 is 1.77 bits per heavy atom. The zero-order valence-corrected chi connectivity index (χ0v) is 18.1. The van der Waals surface area contributed by atoms with Gasteiger partial charge in [-0.25, -0.2) is 4.98 Å². The number of rotatable bonds is 3. The molecule has 4 rings (SSSR count). The van der Waals surface area contributed by atoms with Gasteiger partial charge in [0.15, 0.2) is 0 Å². The summed E-state index contributed by atoms with van der Waals surface area (Å²) in [7, 11) is 0. The van der Waals surface area contributed by atoms with Gasteiger partial charge in [-0.3, -0.25) is 14.2 Å². The summed E-state index contributed by atoms with van der Waals surface area (Å²) in [5.41, 5.74) is 4.34. The molecule has 2 heterocycles.